The summed E-state index contributed by atoms with van der Waals surface area (Å²) in [7, 11) is 0. The quantitative estimate of drug-likeness (QED) is 0.851. The summed E-state index contributed by atoms with van der Waals surface area (Å²) in [5.41, 5.74) is 7.94. The zero-order valence-corrected chi connectivity index (χ0v) is 11.3. The molecule has 0 bridgehead atoms. The molecule has 2 rings (SSSR count). The average Bonchev–Trinajstić information content (AvgIpc) is 2.62. The minimum Gasteiger partial charge on any atom is -0.438 e. The number of hydrogen-bond acceptors (Lipinski definition) is 3. The number of halogens is 1. The summed E-state index contributed by atoms with van der Waals surface area (Å²) in [6, 6.07) is 3.75. The topological polar surface area (TPSA) is 52.0 Å². The van der Waals surface area contributed by atoms with Crippen molar-refractivity contribution in [2.24, 2.45) is 0 Å². The van der Waals surface area contributed by atoms with Crippen LogP contribution < -0.4 is 5.73 Å². The lowest BCUT2D eigenvalue weighted by Crippen LogP contribution is -2.15. The Morgan fingerprint density at radius 2 is 2.12 bits per heavy atom. The molecular formula is C12H15BrN2O. The first-order valence-electron chi connectivity index (χ1n) is 5.30. The lowest BCUT2D eigenvalue weighted by atomic mass is 9.90. The molecule has 0 saturated carbocycles. The highest BCUT2D eigenvalue weighted by Gasteiger charge is 2.25. The van der Waals surface area contributed by atoms with E-state index < -0.39 is 0 Å². The fraction of sp³-hybridized carbons (Fsp3) is 0.417. The lowest BCUT2D eigenvalue weighted by molar-refractivity contribution is 0.374. The van der Waals surface area contributed by atoms with Gasteiger partial charge in [0, 0.05) is 9.89 Å². The van der Waals surface area contributed by atoms with Gasteiger partial charge in [-0.25, -0.2) is 4.98 Å². The average molecular weight is 283 g/mol. The molecule has 0 aliphatic carbocycles. The zero-order valence-electron chi connectivity index (χ0n) is 9.67. The van der Waals surface area contributed by atoms with Gasteiger partial charge < -0.3 is 10.2 Å². The molecule has 16 heavy (non-hydrogen) atoms. The zero-order chi connectivity index (χ0) is 11.9. The summed E-state index contributed by atoms with van der Waals surface area (Å²) in [5, 5.41) is 0. The van der Waals surface area contributed by atoms with Gasteiger partial charge in [-0.3, -0.25) is 0 Å². The van der Waals surface area contributed by atoms with Crippen LogP contribution in [0.25, 0.3) is 11.1 Å². The normalized spacial score (nSPS) is 12.2. The molecular weight excluding hydrogens is 268 g/mol. The van der Waals surface area contributed by atoms with Crippen molar-refractivity contribution in [2.45, 2.75) is 32.6 Å². The van der Waals surface area contributed by atoms with Gasteiger partial charge in [0.15, 0.2) is 5.58 Å². The monoisotopic (exact) mass is 282 g/mol. The number of hydrogen-bond donors (Lipinski definition) is 1. The Bertz CT molecular complexity index is 531. The maximum absolute atomic E-state index is 5.89. The van der Waals surface area contributed by atoms with E-state index in [9.17, 15) is 0 Å². The number of nitrogen functional groups attached to an aromatic ring is 1. The summed E-state index contributed by atoms with van der Waals surface area (Å²) in [6.07, 6.45) is 0.973. The molecule has 1 aromatic heterocycles. The molecule has 1 heterocycles. The summed E-state index contributed by atoms with van der Waals surface area (Å²) in [4.78, 5) is 4.50. The summed E-state index contributed by atoms with van der Waals surface area (Å²) in [5.74, 6) is 0.745. The van der Waals surface area contributed by atoms with Crippen molar-refractivity contribution in [3.8, 4) is 0 Å². The van der Waals surface area contributed by atoms with E-state index in [4.69, 9.17) is 10.2 Å². The van der Waals surface area contributed by atoms with Crippen molar-refractivity contribution in [3.05, 3.63) is 22.5 Å². The number of nitrogens with zero attached hydrogens (tertiary/aromatic N) is 1. The van der Waals surface area contributed by atoms with E-state index in [1.807, 2.05) is 12.1 Å². The third kappa shape index (κ3) is 1.82. The number of rotatable bonds is 2. The minimum atomic E-state index is -0.0576. The van der Waals surface area contributed by atoms with Crippen molar-refractivity contribution in [1.82, 2.24) is 4.98 Å². The molecule has 86 valence electrons. The van der Waals surface area contributed by atoms with E-state index in [2.05, 4.69) is 41.7 Å². The second kappa shape index (κ2) is 3.77. The molecule has 0 atom stereocenters. The van der Waals surface area contributed by atoms with Gasteiger partial charge in [0.1, 0.15) is 5.52 Å². The Kier molecular flexibility index (Phi) is 2.70. The van der Waals surface area contributed by atoms with Gasteiger partial charge in [-0.15, -0.1) is 0 Å². The van der Waals surface area contributed by atoms with Gasteiger partial charge in [-0.05, 0) is 18.6 Å². The Morgan fingerprint density at radius 3 is 2.75 bits per heavy atom. The highest BCUT2D eigenvalue weighted by atomic mass is 79.9. The third-order valence-corrected chi connectivity index (χ3v) is 3.40. The van der Waals surface area contributed by atoms with E-state index in [1.165, 1.54) is 0 Å². The summed E-state index contributed by atoms with van der Waals surface area (Å²) < 4.78 is 6.68. The smallest absolute Gasteiger partial charge is 0.201 e. The van der Waals surface area contributed by atoms with Crippen molar-refractivity contribution in [3.63, 3.8) is 0 Å². The third-order valence-electron chi connectivity index (χ3n) is 2.95. The van der Waals surface area contributed by atoms with Gasteiger partial charge in [0.2, 0.25) is 5.89 Å². The van der Waals surface area contributed by atoms with Crippen molar-refractivity contribution in [2.75, 3.05) is 5.73 Å². The van der Waals surface area contributed by atoms with Gasteiger partial charge in [-0.1, -0.05) is 36.7 Å². The first kappa shape index (κ1) is 11.5. The number of oxazole rings is 1. The van der Waals surface area contributed by atoms with E-state index >= 15 is 0 Å². The van der Waals surface area contributed by atoms with Crippen LogP contribution in [0, 0.1) is 0 Å². The molecule has 0 fully saturated rings. The van der Waals surface area contributed by atoms with Crippen LogP contribution in [0.4, 0.5) is 5.69 Å². The van der Waals surface area contributed by atoms with E-state index in [1.54, 1.807) is 0 Å². The molecule has 0 saturated heterocycles. The molecule has 0 radical (unpaired) electrons. The SMILES string of the molecule is CCC(C)(C)c1nc2cc(Br)cc(N)c2o1. The molecule has 0 aliphatic heterocycles. The number of anilines is 1. The minimum absolute atomic E-state index is 0.0576. The first-order chi connectivity index (χ1) is 7.44. The van der Waals surface area contributed by atoms with Crippen LogP contribution >= 0.6 is 15.9 Å². The lowest BCUT2D eigenvalue weighted by Gasteiger charge is -2.17. The fourth-order valence-corrected chi connectivity index (χ4v) is 1.93. The molecule has 1 aromatic carbocycles. The molecule has 3 nitrogen and oxygen atoms in total. The Hall–Kier alpha value is -1.03. The molecule has 2 aromatic rings. The fourth-order valence-electron chi connectivity index (χ4n) is 1.46. The first-order valence-corrected chi connectivity index (χ1v) is 6.09. The van der Waals surface area contributed by atoms with Gasteiger partial charge in [0.25, 0.3) is 0 Å². The van der Waals surface area contributed by atoms with Crippen molar-refractivity contribution < 1.29 is 4.42 Å². The van der Waals surface area contributed by atoms with Crippen LogP contribution in [0.3, 0.4) is 0 Å². The van der Waals surface area contributed by atoms with Crippen molar-refractivity contribution >= 4 is 32.7 Å². The van der Waals surface area contributed by atoms with E-state index in [-0.39, 0.29) is 5.41 Å². The number of fused-ring (bicyclic) bond motifs is 1. The second-order valence-electron chi connectivity index (χ2n) is 4.60. The van der Waals surface area contributed by atoms with Crippen LogP contribution in [0.1, 0.15) is 33.1 Å². The van der Waals surface area contributed by atoms with Gasteiger partial charge in [-0.2, -0.15) is 0 Å². The van der Waals surface area contributed by atoms with Crippen LogP contribution in [0.5, 0.6) is 0 Å². The van der Waals surface area contributed by atoms with Gasteiger partial charge in [0.05, 0.1) is 5.69 Å². The molecule has 0 spiro atoms. The molecule has 0 unspecified atom stereocenters. The Balaban J connectivity index is 2.65. The van der Waals surface area contributed by atoms with Gasteiger partial charge >= 0.3 is 0 Å². The van der Waals surface area contributed by atoms with Crippen LogP contribution in [-0.2, 0) is 5.41 Å². The van der Waals surface area contributed by atoms with E-state index in [0.717, 1.165) is 22.3 Å². The number of nitrogens with two attached hydrogens (primary N) is 1. The summed E-state index contributed by atoms with van der Waals surface area (Å²) >= 11 is 3.40. The maximum atomic E-state index is 5.89. The maximum Gasteiger partial charge on any atom is 0.201 e. The van der Waals surface area contributed by atoms with Crippen LogP contribution in [0.15, 0.2) is 21.0 Å². The largest absolute Gasteiger partial charge is 0.438 e. The number of benzene rings is 1. The summed E-state index contributed by atoms with van der Waals surface area (Å²) in [6.45, 7) is 6.35. The Labute approximate surface area is 103 Å². The molecule has 0 aliphatic rings. The predicted molar refractivity (Wildman–Crippen MR) is 69.4 cm³/mol. The molecule has 2 N–H and O–H groups in total. The highest BCUT2D eigenvalue weighted by Crippen LogP contribution is 2.32. The number of aromatic nitrogens is 1. The molecule has 0 amide bonds. The molecule has 4 heteroatoms. The highest BCUT2D eigenvalue weighted by molar-refractivity contribution is 9.10. The van der Waals surface area contributed by atoms with Crippen LogP contribution in [0.2, 0.25) is 0 Å². The second-order valence-corrected chi connectivity index (χ2v) is 5.52. The predicted octanol–water partition coefficient (Wildman–Crippen LogP) is 3.86. The van der Waals surface area contributed by atoms with E-state index in [0.29, 0.717) is 11.3 Å². The van der Waals surface area contributed by atoms with Crippen LogP contribution in [-0.4, -0.2) is 4.98 Å². The van der Waals surface area contributed by atoms with Crippen molar-refractivity contribution in [1.29, 1.82) is 0 Å². The standard InChI is InChI=1S/C12H15BrN2O/c1-4-12(2,3)11-15-9-6-7(13)5-8(14)10(9)16-11/h5-6H,4,14H2,1-3H3. The Morgan fingerprint density at radius 1 is 1.44 bits per heavy atom.